The van der Waals surface area contributed by atoms with Gasteiger partial charge in [-0.05, 0) is 18.8 Å². The second-order valence-electron chi connectivity index (χ2n) is 3.45. The molecule has 0 spiro atoms. The van der Waals surface area contributed by atoms with Gasteiger partial charge in [0.15, 0.2) is 0 Å². The zero-order valence-electron chi connectivity index (χ0n) is 6.96. The number of hydrogen-bond donors (Lipinski definition) is 1. The molecule has 1 aromatic rings. The summed E-state index contributed by atoms with van der Waals surface area (Å²) in [5.41, 5.74) is 0. The Morgan fingerprint density at radius 1 is 1.67 bits per heavy atom. The quantitative estimate of drug-likeness (QED) is 0.718. The first-order valence-electron chi connectivity index (χ1n) is 4.48. The Bertz CT molecular complexity index is 229. The molecule has 1 saturated carbocycles. The first kappa shape index (κ1) is 8.11. The average molecular weight is 185 g/mol. The molecule has 12 heavy (non-hydrogen) atoms. The van der Waals surface area contributed by atoms with Crippen molar-refractivity contribution >= 4 is 11.6 Å². The lowest BCUT2D eigenvalue weighted by atomic mass is 9.82. The maximum atomic E-state index is 6.21. The number of H-pyrrole nitrogens is 1. The van der Waals surface area contributed by atoms with Crippen LogP contribution in [-0.4, -0.2) is 15.3 Å². The molecule has 2 rings (SSSR count). The van der Waals surface area contributed by atoms with Crippen LogP contribution in [0.1, 0.15) is 25.1 Å². The smallest absolute Gasteiger partial charge is 0.107 e. The molecule has 1 aliphatic carbocycles. The largest absolute Gasteiger partial charge is 0.349 e. The Labute approximate surface area is 77.3 Å². The molecule has 3 heteroatoms. The minimum Gasteiger partial charge on any atom is -0.349 e. The van der Waals surface area contributed by atoms with E-state index in [0.717, 1.165) is 18.2 Å². The highest BCUT2D eigenvalue weighted by Crippen LogP contribution is 2.33. The molecule has 0 radical (unpaired) electrons. The number of imidazole rings is 1. The van der Waals surface area contributed by atoms with E-state index in [0.29, 0.717) is 0 Å². The number of nitrogens with zero attached hydrogens (tertiary/aromatic N) is 1. The van der Waals surface area contributed by atoms with Crippen LogP contribution in [0.3, 0.4) is 0 Å². The SMILES string of the molecule is ClC(Cc1ncc[nH]1)C1CCC1. The molecule has 1 aliphatic rings. The van der Waals surface area contributed by atoms with E-state index in [-0.39, 0.29) is 5.38 Å². The van der Waals surface area contributed by atoms with Crippen molar-refractivity contribution in [2.45, 2.75) is 31.1 Å². The fraction of sp³-hybridized carbons (Fsp3) is 0.667. The van der Waals surface area contributed by atoms with E-state index in [2.05, 4.69) is 9.97 Å². The molecule has 2 nitrogen and oxygen atoms in total. The van der Waals surface area contributed by atoms with Crippen molar-refractivity contribution in [1.29, 1.82) is 0 Å². The number of halogens is 1. The molecule has 1 atom stereocenters. The molecule has 0 bridgehead atoms. The topological polar surface area (TPSA) is 28.7 Å². The van der Waals surface area contributed by atoms with Crippen LogP contribution in [0.4, 0.5) is 0 Å². The molecule has 0 amide bonds. The van der Waals surface area contributed by atoms with E-state index in [1.54, 1.807) is 6.20 Å². The van der Waals surface area contributed by atoms with Crippen LogP contribution in [-0.2, 0) is 6.42 Å². The Morgan fingerprint density at radius 2 is 2.50 bits per heavy atom. The van der Waals surface area contributed by atoms with Crippen LogP contribution >= 0.6 is 11.6 Å². The summed E-state index contributed by atoms with van der Waals surface area (Å²) < 4.78 is 0. The van der Waals surface area contributed by atoms with E-state index < -0.39 is 0 Å². The molecule has 0 aliphatic heterocycles. The van der Waals surface area contributed by atoms with Gasteiger partial charge in [0.1, 0.15) is 5.82 Å². The van der Waals surface area contributed by atoms with Gasteiger partial charge < -0.3 is 4.98 Å². The van der Waals surface area contributed by atoms with E-state index in [4.69, 9.17) is 11.6 Å². The van der Waals surface area contributed by atoms with E-state index in [1.165, 1.54) is 19.3 Å². The van der Waals surface area contributed by atoms with Gasteiger partial charge in [-0.25, -0.2) is 4.98 Å². The second-order valence-corrected chi connectivity index (χ2v) is 4.01. The number of alkyl halides is 1. The van der Waals surface area contributed by atoms with Gasteiger partial charge in [0.2, 0.25) is 0 Å². The molecule has 1 aromatic heterocycles. The van der Waals surface area contributed by atoms with Crippen LogP contribution < -0.4 is 0 Å². The van der Waals surface area contributed by atoms with Gasteiger partial charge in [0.05, 0.1) is 0 Å². The number of hydrogen-bond acceptors (Lipinski definition) is 1. The highest BCUT2D eigenvalue weighted by atomic mass is 35.5. The predicted octanol–water partition coefficient (Wildman–Crippen LogP) is 2.36. The molecule has 1 heterocycles. The zero-order chi connectivity index (χ0) is 8.39. The number of nitrogens with one attached hydrogen (secondary N) is 1. The van der Waals surface area contributed by atoms with Crippen molar-refractivity contribution in [3.8, 4) is 0 Å². The lowest BCUT2D eigenvalue weighted by Crippen LogP contribution is -2.24. The Hall–Kier alpha value is -0.500. The Kier molecular flexibility index (Phi) is 2.35. The minimum absolute atomic E-state index is 0.282. The van der Waals surface area contributed by atoms with Crippen LogP contribution in [0, 0.1) is 5.92 Å². The standard InChI is InChI=1S/C9H13ClN2/c10-8(7-2-1-3-7)6-9-11-4-5-12-9/h4-5,7-8H,1-3,6H2,(H,11,12). The van der Waals surface area contributed by atoms with Gasteiger partial charge in [-0.2, -0.15) is 0 Å². The second kappa shape index (κ2) is 3.48. The fourth-order valence-corrected chi connectivity index (χ4v) is 1.96. The van der Waals surface area contributed by atoms with Crippen molar-refractivity contribution in [2.24, 2.45) is 5.92 Å². The van der Waals surface area contributed by atoms with Gasteiger partial charge in [-0.3, -0.25) is 0 Å². The maximum Gasteiger partial charge on any atom is 0.107 e. The van der Waals surface area contributed by atoms with E-state index in [1.807, 2.05) is 6.20 Å². The summed E-state index contributed by atoms with van der Waals surface area (Å²) in [5, 5.41) is 0.282. The molecule has 1 unspecified atom stereocenters. The molecule has 1 fully saturated rings. The highest BCUT2D eigenvalue weighted by molar-refractivity contribution is 6.20. The third-order valence-corrected chi connectivity index (χ3v) is 3.12. The lowest BCUT2D eigenvalue weighted by molar-refractivity contribution is 0.300. The van der Waals surface area contributed by atoms with Crippen LogP contribution in [0.2, 0.25) is 0 Å². The first-order chi connectivity index (χ1) is 5.86. The number of aromatic nitrogens is 2. The molecule has 0 aromatic carbocycles. The van der Waals surface area contributed by atoms with Gasteiger partial charge in [-0.1, -0.05) is 6.42 Å². The zero-order valence-corrected chi connectivity index (χ0v) is 7.72. The lowest BCUT2D eigenvalue weighted by Gasteiger charge is -2.29. The number of aromatic amines is 1. The summed E-state index contributed by atoms with van der Waals surface area (Å²) in [7, 11) is 0. The molecule has 1 N–H and O–H groups in total. The Morgan fingerprint density at radius 3 is 3.00 bits per heavy atom. The van der Waals surface area contributed by atoms with Crippen LogP contribution in [0.5, 0.6) is 0 Å². The third-order valence-electron chi connectivity index (χ3n) is 2.60. The number of rotatable bonds is 3. The molecular formula is C9H13ClN2. The fourth-order valence-electron chi connectivity index (χ4n) is 1.56. The summed E-state index contributed by atoms with van der Waals surface area (Å²) in [6.07, 6.45) is 8.47. The van der Waals surface area contributed by atoms with Crippen molar-refractivity contribution in [3.63, 3.8) is 0 Å². The van der Waals surface area contributed by atoms with Gasteiger partial charge in [-0.15, -0.1) is 11.6 Å². The van der Waals surface area contributed by atoms with Crippen LogP contribution in [0.25, 0.3) is 0 Å². The van der Waals surface area contributed by atoms with Crippen LogP contribution in [0.15, 0.2) is 12.4 Å². The monoisotopic (exact) mass is 184 g/mol. The third kappa shape index (κ3) is 1.63. The molecule has 0 saturated heterocycles. The summed E-state index contributed by atoms with van der Waals surface area (Å²) in [4.78, 5) is 7.23. The van der Waals surface area contributed by atoms with Gasteiger partial charge in [0, 0.05) is 24.2 Å². The molecule has 66 valence electrons. The van der Waals surface area contributed by atoms with E-state index in [9.17, 15) is 0 Å². The average Bonchev–Trinajstić information content (AvgIpc) is 2.34. The maximum absolute atomic E-state index is 6.21. The van der Waals surface area contributed by atoms with Crippen molar-refractivity contribution in [3.05, 3.63) is 18.2 Å². The minimum atomic E-state index is 0.282. The predicted molar refractivity (Wildman–Crippen MR) is 49.3 cm³/mol. The normalized spacial score (nSPS) is 20.4. The van der Waals surface area contributed by atoms with Gasteiger partial charge >= 0.3 is 0 Å². The highest BCUT2D eigenvalue weighted by Gasteiger charge is 2.25. The Balaban J connectivity index is 1.86. The first-order valence-corrected chi connectivity index (χ1v) is 4.92. The van der Waals surface area contributed by atoms with Gasteiger partial charge in [0.25, 0.3) is 0 Å². The summed E-state index contributed by atoms with van der Waals surface area (Å²) in [6, 6.07) is 0. The summed E-state index contributed by atoms with van der Waals surface area (Å²) in [6.45, 7) is 0. The van der Waals surface area contributed by atoms with Crippen molar-refractivity contribution < 1.29 is 0 Å². The summed E-state index contributed by atoms with van der Waals surface area (Å²) >= 11 is 6.21. The summed E-state index contributed by atoms with van der Waals surface area (Å²) in [5.74, 6) is 1.75. The van der Waals surface area contributed by atoms with E-state index >= 15 is 0 Å². The van der Waals surface area contributed by atoms with Crippen molar-refractivity contribution in [1.82, 2.24) is 9.97 Å². The van der Waals surface area contributed by atoms with Crippen molar-refractivity contribution in [2.75, 3.05) is 0 Å². The molecular weight excluding hydrogens is 172 g/mol.